The highest BCUT2D eigenvalue weighted by molar-refractivity contribution is 7.90. The highest BCUT2D eigenvalue weighted by atomic mass is 32.2. The molecule has 1 fully saturated rings. The molecule has 1 saturated heterocycles. The number of carbonyl (C=O) groups excluding carboxylic acids is 1. The van der Waals surface area contributed by atoms with Crippen LogP contribution in [-0.2, 0) is 9.84 Å². The molecule has 9 heteroatoms. The molecule has 2 heterocycles. The van der Waals surface area contributed by atoms with Crippen molar-refractivity contribution < 1.29 is 18.3 Å². The van der Waals surface area contributed by atoms with E-state index >= 15 is 0 Å². The second-order valence-electron chi connectivity index (χ2n) is 7.42. The number of amides is 1. The molecule has 0 atom stereocenters. The van der Waals surface area contributed by atoms with Crippen molar-refractivity contribution in [1.82, 2.24) is 4.90 Å². The number of hydrogen-bond donors (Lipinski definition) is 1. The minimum atomic E-state index is -3.51. The number of aliphatic hydroxyl groups is 1. The van der Waals surface area contributed by atoms with E-state index in [4.69, 9.17) is 0 Å². The van der Waals surface area contributed by atoms with Crippen LogP contribution in [0.4, 0.5) is 0 Å². The standard InChI is InChI=1S/C21H22N4O4S/c1-30(28,29)18-4-2-3-17(19(18)20-22-13-23-24-20)14-5-7-15(8-6-14)21(27)25-11-9-16(26)10-12-25/h2-8,16,26H,9-13H2,1H3. The molecule has 0 unspecified atom stereocenters. The van der Waals surface area contributed by atoms with E-state index in [9.17, 15) is 18.3 Å². The Labute approximate surface area is 174 Å². The lowest BCUT2D eigenvalue weighted by molar-refractivity contribution is 0.0546. The predicted molar refractivity (Wildman–Crippen MR) is 112 cm³/mol. The van der Waals surface area contributed by atoms with Gasteiger partial charge in [-0.3, -0.25) is 4.79 Å². The number of rotatable bonds is 4. The summed E-state index contributed by atoms with van der Waals surface area (Å²) in [4.78, 5) is 18.8. The quantitative estimate of drug-likeness (QED) is 0.809. The largest absolute Gasteiger partial charge is 0.393 e. The number of nitrogens with zero attached hydrogens (tertiary/aromatic N) is 4. The number of hydrogen-bond acceptors (Lipinski definition) is 7. The maximum Gasteiger partial charge on any atom is 0.253 e. The Balaban J connectivity index is 1.70. The number of carbonyl (C=O) groups is 1. The Bertz CT molecular complexity index is 1130. The molecule has 30 heavy (non-hydrogen) atoms. The molecule has 1 amide bonds. The van der Waals surface area contributed by atoms with Crippen LogP contribution in [0, 0.1) is 0 Å². The van der Waals surface area contributed by atoms with Gasteiger partial charge in [0.2, 0.25) is 0 Å². The van der Waals surface area contributed by atoms with Gasteiger partial charge in [0.05, 0.1) is 11.0 Å². The van der Waals surface area contributed by atoms with Gasteiger partial charge in [-0.1, -0.05) is 24.3 Å². The predicted octanol–water partition coefficient (Wildman–Crippen LogP) is 2.52. The van der Waals surface area contributed by atoms with E-state index in [0.717, 1.165) is 11.8 Å². The van der Waals surface area contributed by atoms with Crippen molar-refractivity contribution >= 4 is 21.6 Å². The third-order valence-electron chi connectivity index (χ3n) is 5.29. The highest BCUT2D eigenvalue weighted by Crippen LogP contribution is 2.31. The van der Waals surface area contributed by atoms with Crippen LogP contribution in [0.5, 0.6) is 0 Å². The number of piperidine rings is 1. The summed E-state index contributed by atoms with van der Waals surface area (Å²) in [6.45, 7) is 1.24. The molecular weight excluding hydrogens is 404 g/mol. The summed E-state index contributed by atoms with van der Waals surface area (Å²) in [5.41, 5.74) is 2.39. The Morgan fingerprint density at radius 2 is 1.80 bits per heavy atom. The number of benzene rings is 2. The molecular formula is C21H22N4O4S. The van der Waals surface area contributed by atoms with Gasteiger partial charge in [0.1, 0.15) is 0 Å². The zero-order valence-electron chi connectivity index (χ0n) is 16.5. The lowest BCUT2D eigenvalue weighted by atomic mass is 9.97. The monoisotopic (exact) mass is 426 g/mol. The van der Waals surface area contributed by atoms with Crippen LogP contribution >= 0.6 is 0 Å². The molecule has 0 aliphatic carbocycles. The summed E-state index contributed by atoms with van der Waals surface area (Å²) in [5, 5.41) is 17.5. The van der Waals surface area contributed by atoms with Gasteiger partial charge >= 0.3 is 0 Å². The lowest BCUT2D eigenvalue weighted by Gasteiger charge is -2.29. The number of azo groups is 1. The van der Waals surface area contributed by atoms with E-state index in [-0.39, 0.29) is 29.4 Å². The zero-order chi connectivity index (χ0) is 21.3. The van der Waals surface area contributed by atoms with Crippen LogP contribution in [0.1, 0.15) is 28.8 Å². The molecule has 1 N–H and O–H groups in total. The van der Waals surface area contributed by atoms with Crippen LogP contribution in [0.25, 0.3) is 11.1 Å². The SMILES string of the molecule is CS(=O)(=O)c1cccc(-c2ccc(C(=O)N3CCC(O)CC3)cc2)c1C1=NCN=N1. The third-order valence-corrected chi connectivity index (χ3v) is 6.43. The summed E-state index contributed by atoms with van der Waals surface area (Å²) in [6.07, 6.45) is 1.98. The molecule has 2 aliphatic rings. The summed E-state index contributed by atoms with van der Waals surface area (Å²) < 4.78 is 24.7. The first-order valence-electron chi connectivity index (χ1n) is 9.68. The summed E-state index contributed by atoms with van der Waals surface area (Å²) in [5.74, 6) is 0.214. The summed E-state index contributed by atoms with van der Waals surface area (Å²) in [7, 11) is -3.51. The molecule has 156 valence electrons. The van der Waals surface area contributed by atoms with Gasteiger partial charge in [0.15, 0.2) is 22.3 Å². The van der Waals surface area contributed by atoms with Crippen molar-refractivity contribution in [3.63, 3.8) is 0 Å². The zero-order valence-corrected chi connectivity index (χ0v) is 17.3. The minimum absolute atomic E-state index is 0.0764. The van der Waals surface area contributed by atoms with E-state index in [0.29, 0.717) is 42.6 Å². The smallest absolute Gasteiger partial charge is 0.253 e. The lowest BCUT2D eigenvalue weighted by Crippen LogP contribution is -2.40. The Morgan fingerprint density at radius 3 is 2.40 bits per heavy atom. The molecule has 2 aliphatic heterocycles. The first kappa shape index (κ1) is 20.4. The fraction of sp³-hybridized carbons (Fsp3) is 0.333. The summed E-state index contributed by atoms with van der Waals surface area (Å²) in [6, 6.07) is 12.1. The first-order valence-corrected chi connectivity index (χ1v) is 11.6. The van der Waals surface area contributed by atoms with Gasteiger partial charge in [-0.25, -0.2) is 13.4 Å². The van der Waals surface area contributed by atoms with Gasteiger partial charge < -0.3 is 10.0 Å². The maximum absolute atomic E-state index is 12.7. The second kappa shape index (κ2) is 8.08. The van der Waals surface area contributed by atoms with Gasteiger partial charge in [0, 0.05) is 30.5 Å². The number of likely N-dealkylation sites (tertiary alicyclic amines) is 1. The van der Waals surface area contributed by atoms with E-state index in [1.165, 1.54) is 6.07 Å². The molecule has 0 bridgehead atoms. The van der Waals surface area contributed by atoms with Gasteiger partial charge in [-0.05, 0) is 42.2 Å². The molecule has 0 radical (unpaired) electrons. The van der Waals surface area contributed by atoms with Gasteiger partial charge in [-0.15, -0.1) is 5.11 Å². The molecule has 2 aromatic rings. The first-order chi connectivity index (χ1) is 14.3. The molecule has 0 saturated carbocycles. The van der Waals surface area contributed by atoms with Crippen molar-refractivity contribution in [3.8, 4) is 11.1 Å². The van der Waals surface area contributed by atoms with Crippen molar-refractivity contribution in [3.05, 3.63) is 53.6 Å². The molecule has 8 nitrogen and oxygen atoms in total. The number of aliphatic imine (C=N–C) groups is 1. The van der Waals surface area contributed by atoms with Crippen LogP contribution < -0.4 is 0 Å². The van der Waals surface area contributed by atoms with Crippen LogP contribution in [0.15, 0.2) is 62.6 Å². The van der Waals surface area contributed by atoms with Crippen molar-refractivity contribution in [1.29, 1.82) is 0 Å². The summed E-state index contributed by atoms with van der Waals surface area (Å²) >= 11 is 0. The third kappa shape index (κ3) is 4.03. The highest BCUT2D eigenvalue weighted by Gasteiger charge is 2.24. The number of sulfone groups is 1. The van der Waals surface area contributed by atoms with E-state index in [1.807, 2.05) is 6.07 Å². The minimum Gasteiger partial charge on any atom is -0.393 e. The molecule has 4 rings (SSSR count). The number of aliphatic hydroxyl groups excluding tert-OH is 1. The molecule has 0 spiro atoms. The number of amidine groups is 1. The van der Waals surface area contributed by atoms with Gasteiger partial charge in [0.25, 0.3) is 5.91 Å². The van der Waals surface area contributed by atoms with E-state index in [1.54, 1.807) is 35.2 Å². The topological polar surface area (TPSA) is 112 Å². The Morgan fingerprint density at radius 1 is 1.10 bits per heavy atom. The maximum atomic E-state index is 12.7. The van der Waals surface area contributed by atoms with E-state index < -0.39 is 9.84 Å². The Kier molecular flexibility index (Phi) is 5.48. The van der Waals surface area contributed by atoms with Crippen molar-refractivity contribution in [2.45, 2.75) is 23.8 Å². The normalized spacial score (nSPS) is 17.3. The van der Waals surface area contributed by atoms with Crippen LogP contribution in [0.3, 0.4) is 0 Å². The Hall–Kier alpha value is -2.91. The fourth-order valence-electron chi connectivity index (χ4n) is 3.71. The average molecular weight is 426 g/mol. The van der Waals surface area contributed by atoms with Gasteiger partial charge in [-0.2, -0.15) is 5.11 Å². The molecule has 0 aromatic heterocycles. The van der Waals surface area contributed by atoms with Crippen molar-refractivity contribution in [2.24, 2.45) is 15.2 Å². The molecule has 2 aromatic carbocycles. The van der Waals surface area contributed by atoms with Crippen LogP contribution in [-0.4, -0.2) is 62.3 Å². The second-order valence-corrected chi connectivity index (χ2v) is 9.40. The van der Waals surface area contributed by atoms with Crippen molar-refractivity contribution in [2.75, 3.05) is 26.0 Å². The van der Waals surface area contributed by atoms with Crippen LogP contribution in [0.2, 0.25) is 0 Å². The fourth-order valence-corrected chi connectivity index (χ4v) is 4.61. The van der Waals surface area contributed by atoms with E-state index in [2.05, 4.69) is 15.2 Å². The average Bonchev–Trinajstić information content (AvgIpc) is 3.27.